The number of aromatic nitrogens is 3. The fourth-order valence-corrected chi connectivity index (χ4v) is 5.21. The van der Waals surface area contributed by atoms with Crippen molar-refractivity contribution in [3.63, 3.8) is 0 Å². The molecule has 0 atom stereocenters. The van der Waals surface area contributed by atoms with Gasteiger partial charge in [-0.1, -0.05) is 25.4 Å². The minimum Gasteiger partial charge on any atom is -0.358 e. The van der Waals surface area contributed by atoms with Crippen LogP contribution in [0.25, 0.3) is 11.6 Å². The summed E-state index contributed by atoms with van der Waals surface area (Å²) in [6.45, 7) is 6.59. The SMILES string of the molecule is CCN(CC)CCN1CCc2[nH]c(C=C3C(=O)Nc4ncnc(Nc5ccc(F)c(Cl)c5)c43)c(C(F)(F)F)c2C1=O. The minimum absolute atomic E-state index is 0.0792. The first-order chi connectivity index (χ1) is 19.5. The van der Waals surface area contributed by atoms with Crippen molar-refractivity contribution in [2.45, 2.75) is 26.4 Å². The number of nitrogens with zero attached hydrogens (tertiary/aromatic N) is 4. The van der Waals surface area contributed by atoms with Crippen LogP contribution in [0.1, 0.15) is 46.7 Å². The Morgan fingerprint density at radius 1 is 1.17 bits per heavy atom. The normalized spacial score (nSPS) is 15.9. The van der Waals surface area contributed by atoms with E-state index in [1.165, 1.54) is 17.0 Å². The van der Waals surface area contributed by atoms with Gasteiger partial charge < -0.3 is 25.4 Å². The molecular formula is C27H26ClF4N7O2. The van der Waals surface area contributed by atoms with E-state index in [0.29, 0.717) is 18.8 Å². The number of halogens is 5. The van der Waals surface area contributed by atoms with Gasteiger partial charge in [-0.15, -0.1) is 0 Å². The first kappa shape index (κ1) is 28.6. The number of hydrogen-bond acceptors (Lipinski definition) is 6. The largest absolute Gasteiger partial charge is 0.419 e. The van der Waals surface area contributed by atoms with Crippen molar-refractivity contribution < 1.29 is 27.2 Å². The molecule has 3 aromatic rings. The summed E-state index contributed by atoms with van der Waals surface area (Å²) in [5.41, 5.74) is -1.52. The van der Waals surface area contributed by atoms with Crippen molar-refractivity contribution in [1.82, 2.24) is 24.8 Å². The molecule has 4 heterocycles. The number of benzene rings is 1. The molecule has 9 nitrogen and oxygen atoms in total. The summed E-state index contributed by atoms with van der Waals surface area (Å²) in [4.78, 5) is 40.7. The maximum atomic E-state index is 14.5. The van der Waals surface area contributed by atoms with E-state index >= 15 is 0 Å². The first-order valence-electron chi connectivity index (χ1n) is 13.0. The molecule has 2 aliphatic rings. The van der Waals surface area contributed by atoms with Crippen molar-refractivity contribution in [2.24, 2.45) is 0 Å². The second-order valence-corrected chi connectivity index (χ2v) is 9.95. The monoisotopic (exact) mass is 591 g/mol. The van der Waals surface area contributed by atoms with Crippen LogP contribution in [0.3, 0.4) is 0 Å². The molecule has 0 unspecified atom stereocenters. The van der Waals surface area contributed by atoms with E-state index in [2.05, 4.69) is 30.5 Å². The second-order valence-electron chi connectivity index (χ2n) is 9.55. The van der Waals surface area contributed by atoms with Crippen molar-refractivity contribution in [3.05, 3.63) is 63.4 Å². The van der Waals surface area contributed by atoms with Gasteiger partial charge in [0, 0.05) is 37.4 Å². The van der Waals surface area contributed by atoms with Gasteiger partial charge in [-0.2, -0.15) is 13.2 Å². The van der Waals surface area contributed by atoms with Gasteiger partial charge in [0.2, 0.25) is 0 Å². The summed E-state index contributed by atoms with van der Waals surface area (Å²) in [7, 11) is 0. The average molecular weight is 592 g/mol. The molecule has 0 saturated heterocycles. The Bertz CT molecular complexity index is 1550. The molecule has 2 aromatic heterocycles. The number of amides is 2. The van der Waals surface area contributed by atoms with Crippen LogP contribution < -0.4 is 10.6 Å². The maximum Gasteiger partial charge on any atom is 0.419 e. The van der Waals surface area contributed by atoms with E-state index in [-0.39, 0.29) is 46.5 Å². The van der Waals surface area contributed by atoms with E-state index < -0.39 is 40.6 Å². The Morgan fingerprint density at radius 3 is 2.61 bits per heavy atom. The minimum atomic E-state index is -4.88. The Hall–Kier alpha value is -3.97. The van der Waals surface area contributed by atoms with Gasteiger partial charge in [-0.3, -0.25) is 9.59 Å². The highest BCUT2D eigenvalue weighted by Crippen LogP contribution is 2.42. The highest BCUT2D eigenvalue weighted by atomic mass is 35.5. The molecule has 5 rings (SSSR count). The number of fused-ring (bicyclic) bond motifs is 2. The van der Waals surface area contributed by atoms with E-state index in [1.807, 2.05) is 13.8 Å². The number of hydrogen-bond donors (Lipinski definition) is 3. The molecule has 0 spiro atoms. The second kappa shape index (κ2) is 11.1. The molecule has 2 aliphatic heterocycles. The predicted molar refractivity (Wildman–Crippen MR) is 146 cm³/mol. The van der Waals surface area contributed by atoms with Gasteiger partial charge in [0.05, 0.1) is 33.0 Å². The summed E-state index contributed by atoms with van der Waals surface area (Å²) in [6.07, 6.45) is -2.46. The van der Waals surface area contributed by atoms with Crippen molar-refractivity contribution in [2.75, 3.05) is 43.4 Å². The molecule has 216 valence electrons. The molecule has 41 heavy (non-hydrogen) atoms. The molecule has 0 saturated carbocycles. The van der Waals surface area contributed by atoms with Crippen LogP contribution in [-0.2, 0) is 17.4 Å². The van der Waals surface area contributed by atoms with Gasteiger partial charge in [0.1, 0.15) is 23.8 Å². The van der Waals surface area contributed by atoms with Gasteiger partial charge in [-0.05, 0) is 37.4 Å². The van der Waals surface area contributed by atoms with Crippen molar-refractivity contribution in [1.29, 1.82) is 0 Å². The third kappa shape index (κ3) is 5.51. The number of nitrogens with one attached hydrogen (secondary N) is 3. The van der Waals surface area contributed by atoms with Crippen molar-refractivity contribution in [3.8, 4) is 0 Å². The predicted octanol–water partition coefficient (Wildman–Crippen LogP) is 5.19. The Labute approximate surface area is 237 Å². The molecule has 0 fully saturated rings. The lowest BCUT2D eigenvalue weighted by molar-refractivity contribution is -0.138. The van der Waals surface area contributed by atoms with E-state index in [0.717, 1.165) is 31.6 Å². The zero-order valence-electron chi connectivity index (χ0n) is 22.1. The maximum absolute atomic E-state index is 14.5. The molecule has 14 heteroatoms. The molecule has 3 N–H and O–H groups in total. The Balaban J connectivity index is 1.55. The van der Waals surface area contributed by atoms with Crippen LogP contribution in [0, 0.1) is 5.82 Å². The van der Waals surface area contributed by atoms with Crippen LogP contribution in [0.4, 0.5) is 34.9 Å². The molecule has 0 radical (unpaired) electrons. The van der Waals surface area contributed by atoms with Crippen LogP contribution in [0.2, 0.25) is 5.02 Å². The number of rotatable bonds is 8. The molecule has 1 aromatic carbocycles. The van der Waals surface area contributed by atoms with Crippen LogP contribution in [-0.4, -0.2) is 69.3 Å². The zero-order chi connectivity index (χ0) is 29.5. The average Bonchev–Trinajstić information content (AvgIpc) is 3.46. The fraction of sp³-hybridized carbons (Fsp3) is 0.333. The Morgan fingerprint density at radius 2 is 1.93 bits per heavy atom. The smallest absolute Gasteiger partial charge is 0.358 e. The number of likely N-dealkylation sites (N-methyl/N-ethyl adjacent to an activating group) is 1. The number of carbonyl (C=O) groups is 2. The molecule has 0 bridgehead atoms. The van der Waals surface area contributed by atoms with Crippen molar-refractivity contribution >= 4 is 52.4 Å². The topological polar surface area (TPSA) is 106 Å². The third-order valence-corrected chi connectivity index (χ3v) is 7.46. The van der Waals surface area contributed by atoms with E-state index in [4.69, 9.17) is 11.6 Å². The van der Waals surface area contributed by atoms with Crippen LogP contribution in [0.15, 0.2) is 24.5 Å². The highest BCUT2D eigenvalue weighted by Gasteiger charge is 2.44. The van der Waals surface area contributed by atoms with Crippen LogP contribution >= 0.6 is 11.6 Å². The number of carbonyl (C=O) groups excluding carboxylic acids is 2. The van der Waals surface area contributed by atoms with Gasteiger partial charge in [-0.25, -0.2) is 14.4 Å². The Kier molecular flexibility index (Phi) is 7.75. The molecular weight excluding hydrogens is 566 g/mol. The molecule has 2 amide bonds. The summed E-state index contributed by atoms with van der Waals surface area (Å²) < 4.78 is 57.1. The number of alkyl halides is 3. The first-order valence-corrected chi connectivity index (χ1v) is 13.3. The third-order valence-electron chi connectivity index (χ3n) is 7.17. The summed E-state index contributed by atoms with van der Waals surface area (Å²) in [5, 5.41) is 5.29. The summed E-state index contributed by atoms with van der Waals surface area (Å²) in [6, 6.07) is 3.83. The zero-order valence-corrected chi connectivity index (χ0v) is 22.9. The van der Waals surface area contributed by atoms with Gasteiger partial charge >= 0.3 is 6.18 Å². The standard InChI is InChI=1S/C27H26ClF4N7O2/c1-3-38(4-2)9-10-39-8-7-18-21(26(39)41)22(27(30,31)32)19(36-18)12-15-20-23(33-13-34-24(20)37-25(15)40)35-14-5-6-17(29)16(28)11-14/h5-6,11-13,36H,3-4,7-10H2,1-2H3,(H2,33,34,35,37,40). The quantitative estimate of drug-likeness (QED) is 0.246. The van der Waals surface area contributed by atoms with Gasteiger partial charge in [0.25, 0.3) is 11.8 Å². The number of aromatic amines is 1. The molecule has 0 aliphatic carbocycles. The lowest BCUT2D eigenvalue weighted by Crippen LogP contribution is -2.43. The number of H-pyrrole nitrogens is 1. The summed E-state index contributed by atoms with van der Waals surface area (Å²) in [5.74, 6) is -1.88. The number of anilines is 3. The highest BCUT2D eigenvalue weighted by molar-refractivity contribution is 6.35. The fourth-order valence-electron chi connectivity index (χ4n) is 5.03. The van der Waals surface area contributed by atoms with E-state index in [1.54, 1.807) is 0 Å². The van der Waals surface area contributed by atoms with Gasteiger partial charge in [0.15, 0.2) is 0 Å². The summed E-state index contributed by atoms with van der Waals surface area (Å²) >= 11 is 5.87. The van der Waals surface area contributed by atoms with Crippen LogP contribution in [0.5, 0.6) is 0 Å². The van der Waals surface area contributed by atoms with E-state index in [9.17, 15) is 27.2 Å². The lowest BCUT2D eigenvalue weighted by atomic mass is 10.00. The lowest BCUT2D eigenvalue weighted by Gasteiger charge is -2.30.